The number of hydrazine groups is 1. The Hall–Kier alpha value is -1.99. The molecule has 0 radical (unpaired) electrons. The second-order valence-corrected chi connectivity index (χ2v) is 5.07. The number of nitrogen functional groups attached to an aromatic ring is 1. The average molecular weight is 305 g/mol. The van der Waals surface area contributed by atoms with Crippen LogP contribution >= 0.6 is 11.8 Å². The van der Waals surface area contributed by atoms with Gasteiger partial charge in [-0.2, -0.15) is 0 Å². The summed E-state index contributed by atoms with van der Waals surface area (Å²) in [6.07, 6.45) is 2.80. The molecule has 7 heteroatoms. The first-order valence-electron chi connectivity index (χ1n) is 6.51. The van der Waals surface area contributed by atoms with Crippen molar-refractivity contribution in [1.29, 1.82) is 0 Å². The lowest BCUT2D eigenvalue weighted by molar-refractivity contribution is 0.414. The number of nitrogens with zero attached hydrogens (tertiary/aromatic N) is 2. The predicted octanol–water partition coefficient (Wildman–Crippen LogP) is 2.15. The summed E-state index contributed by atoms with van der Waals surface area (Å²) in [7, 11) is 1.67. The fourth-order valence-electron chi connectivity index (χ4n) is 1.84. The lowest BCUT2D eigenvalue weighted by Crippen LogP contribution is -2.12. The van der Waals surface area contributed by atoms with Gasteiger partial charge in [0.1, 0.15) is 17.4 Å². The minimum absolute atomic E-state index is 0.596. The fourth-order valence-corrected chi connectivity index (χ4v) is 2.22. The van der Waals surface area contributed by atoms with Crippen LogP contribution in [0.5, 0.6) is 5.75 Å². The molecule has 1 aromatic carbocycles. The molecule has 0 amide bonds. The van der Waals surface area contributed by atoms with Gasteiger partial charge >= 0.3 is 0 Å². The van der Waals surface area contributed by atoms with E-state index in [0.717, 1.165) is 24.5 Å². The highest BCUT2D eigenvalue weighted by Gasteiger charge is 2.03. The smallest absolute Gasteiger partial charge is 0.191 e. The normalized spacial score (nSPS) is 10.2. The molecule has 0 saturated carbocycles. The van der Waals surface area contributed by atoms with Gasteiger partial charge < -0.3 is 15.5 Å². The number of ether oxygens (including phenoxy) is 1. The summed E-state index contributed by atoms with van der Waals surface area (Å²) in [6, 6.07) is 9.81. The van der Waals surface area contributed by atoms with E-state index < -0.39 is 0 Å². The second-order valence-electron chi connectivity index (χ2n) is 4.30. The number of methoxy groups -OCH3 is 1. The number of nitrogens with two attached hydrogens (primary N) is 1. The van der Waals surface area contributed by atoms with Gasteiger partial charge in [0.05, 0.1) is 7.11 Å². The molecule has 2 rings (SSSR count). The van der Waals surface area contributed by atoms with E-state index >= 15 is 0 Å². The summed E-state index contributed by atoms with van der Waals surface area (Å²) in [5, 5.41) is 3.95. The summed E-state index contributed by atoms with van der Waals surface area (Å²) in [4.78, 5) is 8.60. The highest BCUT2D eigenvalue weighted by Crippen LogP contribution is 2.17. The number of anilines is 2. The molecular formula is C14H19N5OS. The van der Waals surface area contributed by atoms with E-state index in [1.54, 1.807) is 13.2 Å². The Morgan fingerprint density at radius 3 is 2.76 bits per heavy atom. The molecule has 0 spiro atoms. The van der Waals surface area contributed by atoms with Crippen molar-refractivity contribution in [1.82, 2.24) is 9.97 Å². The molecule has 21 heavy (non-hydrogen) atoms. The van der Waals surface area contributed by atoms with Crippen molar-refractivity contribution in [2.45, 2.75) is 11.6 Å². The van der Waals surface area contributed by atoms with Crippen molar-refractivity contribution in [3.63, 3.8) is 0 Å². The molecule has 6 nitrogen and oxygen atoms in total. The molecule has 0 saturated heterocycles. The van der Waals surface area contributed by atoms with E-state index in [4.69, 9.17) is 10.6 Å². The minimum atomic E-state index is 0.596. The van der Waals surface area contributed by atoms with E-state index in [-0.39, 0.29) is 0 Å². The number of benzene rings is 1. The maximum Gasteiger partial charge on any atom is 0.191 e. The fraction of sp³-hybridized carbons (Fsp3) is 0.286. The van der Waals surface area contributed by atoms with Gasteiger partial charge in [-0.15, -0.1) is 0 Å². The molecule has 0 bridgehead atoms. The summed E-state index contributed by atoms with van der Waals surface area (Å²) < 4.78 is 5.21. The largest absolute Gasteiger partial charge is 0.497 e. The number of hydrogen-bond donors (Lipinski definition) is 3. The molecule has 1 heterocycles. The van der Waals surface area contributed by atoms with Gasteiger partial charge in [0.15, 0.2) is 5.16 Å². The molecule has 0 fully saturated rings. The molecule has 1 aromatic heterocycles. The summed E-state index contributed by atoms with van der Waals surface area (Å²) >= 11 is 1.47. The Balaban J connectivity index is 1.96. The maximum absolute atomic E-state index is 5.40. The number of hydrogen-bond acceptors (Lipinski definition) is 7. The zero-order chi connectivity index (χ0) is 15.1. The molecule has 0 aliphatic heterocycles. The average Bonchev–Trinajstić information content (AvgIpc) is 2.54. The molecular weight excluding hydrogens is 286 g/mol. The second kappa shape index (κ2) is 7.70. The van der Waals surface area contributed by atoms with Crippen LogP contribution in [0, 0.1) is 0 Å². The topological polar surface area (TPSA) is 85.1 Å². The summed E-state index contributed by atoms with van der Waals surface area (Å²) in [5.74, 6) is 7.62. The highest BCUT2D eigenvalue weighted by atomic mass is 32.2. The van der Waals surface area contributed by atoms with Crippen LogP contribution in [-0.2, 0) is 6.42 Å². The lowest BCUT2D eigenvalue weighted by atomic mass is 10.1. The predicted molar refractivity (Wildman–Crippen MR) is 86.8 cm³/mol. The van der Waals surface area contributed by atoms with E-state index in [0.29, 0.717) is 11.0 Å². The van der Waals surface area contributed by atoms with Crippen molar-refractivity contribution in [2.24, 2.45) is 5.84 Å². The van der Waals surface area contributed by atoms with Crippen LogP contribution in [0.15, 0.2) is 35.5 Å². The zero-order valence-electron chi connectivity index (χ0n) is 12.1. The molecule has 2 aromatic rings. The Bertz CT molecular complexity index is 571. The van der Waals surface area contributed by atoms with Gasteiger partial charge in [-0.3, -0.25) is 0 Å². The molecule has 4 N–H and O–H groups in total. The first-order valence-corrected chi connectivity index (χ1v) is 7.74. The van der Waals surface area contributed by atoms with Crippen LogP contribution in [0.2, 0.25) is 0 Å². The standard InChI is InChI=1S/C14H19N5OS/c1-20-11-5-3-4-10(8-11)6-7-16-12-9-13(19-15)18-14(17-12)21-2/h3-5,8-9H,6-7,15H2,1-2H3,(H2,16,17,18,19). The van der Waals surface area contributed by atoms with Gasteiger partial charge in [-0.05, 0) is 30.4 Å². The van der Waals surface area contributed by atoms with Crippen LogP contribution in [0.25, 0.3) is 0 Å². The van der Waals surface area contributed by atoms with E-state index in [2.05, 4.69) is 26.8 Å². The number of thioether (sulfide) groups is 1. The minimum Gasteiger partial charge on any atom is -0.497 e. The molecule has 112 valence electrons. The van der Waals surface area contributed by atoms with Crippen LogP contribution < -0.4 is 21.3 Å². The first-order chi connectivity index (χ1) is 10.2. The Morgan fingerprint density at radius 1 is 1.24 bits per heavy atom. The quantitative estimate of drug-likeness (QED) is 0.313. The van der Waals surface area contributed by atoms with Crippen molar-refractivity contribution in [3.8, 4) is 5.75 Å². The number of nitrogens with one attached hydrogen (secondary N) is 2. The zero-order valence-corrected chi connectivity index (χ0v) is 12.9. The number of rotatable bonds is 7. The van der Waals surface area contributed by atoms with Gasteiger partial charge in [-0.25, -0.2) is 15.8 Å². The molecule has 0 atom stereocenters. The van der Waals surface area contributed by atoms with Crippen LogP contribution in [0.3, 0.4) is 0 Å². The highest BCUT2D eigenvalue weighted by molar-refractivity contribution is 7.98. The third-order valence-electron chi connectivity index (χ3n) is 2.89. The third kappa shape index (κ3) is 4.51. The van der Waals surface area contributed by atoms with Crippen molar-refractivity contribution in [2.75, 3.05) is 30.7 Å². The van der Waals surface area contributed by atoms with Crippen LogP contribution in [-0.4, -0.2) is 29.9 Å². The van der Waals surface area contributed by atoms with E-state index in [1.807, 2.05) is 24.5 Å². The van der Waals surface area contributed by atoms with Gasteiger partial charge in [0.25, 0.3) is 0 Å². The van der Waals surface area contributed by atoms with Gasteiger partial charge in [-0.1, -0.05) is 23.9 Å². The number of aromatic nitrogens is 2. The van der Waals surface area contributed by atoms with Crippen LogP contribution in [0.4, 0.5) is 11.6 Å². The third-order valence-corrected chi connectivity index (χ3v) is 3.44. The lowest BCUT2D eigenvalue weighted by Gasteiger charge is -2.09. The summed E-state index contributed by atoms with van der Waals surface area (Å²) in [6.45, 7) is 0.766. The Labute approximate surface area is 128 Å². The monoisotopic (exact) mass is 305 g/mol. The molecule has 0 aliphatic carbocycles. The van der Waals surface area contributed by atoms with Crippen molar-refractivity contribution >= 4 is 23.4 Å². The maximum atomic E-state index is 5.40. The van der Waals surface area contributed by atoms with Crippen molar-refractivity contribution in [3.05, 3.63) is 35.9 Å². The first kappa shape index (κ1) is 15.4. The molecule has 0 aliphatic rings. The van der Waals surface area contributed by atoms with Gasteiger partial charge in [0, 0.05) is 12.6 Å². The summed E-state index contributed by atoms with van der Waals surface area (Å²) in [5.41, 5.74) is 3.75. The van der Waals surface area contributed by atoms with Crippen LogP contribution in [0.1, 0.15) is 5.56 Å². The Morgan fingerprint density at radius 2 is 2.05 bits per heavy atom. The van der Waals surface area contributed by atoms with E-state index in [9.17, 15) is 0 Å². The SMILES string of the molecule is COc1cccc(CCNc2cc(NN)nc(SC)n2)c1. The Kier molecular flexibility index (Phi) is 5.65. The van der Waals surface area contributed by atoms with E-state index in [1.165, 1.54) is 17.3 Å². The van der Waals surface area contributed by atoms with Gasteiger partial charge in [0.2, 0.25) is 0 Å². The van der Waals surface area contributed by atoms with Crippen molar-refractivity contribution < 1.29 is 4.74 Å². The molecule has 0 unspecified atom stereocenters.